The van der Waals surface area contributed by atoms with E-state index in [1.165, 1.54) is 0 Å². The first kappa shape index (κ1) is 12.6. The Labute approximate surface area is 103 Å². The Morgan fingerprint density at radius 3 is 2.59 bits per heavy atom. The highest BCUT2D eigenvalue weighted by Crippen LogP contribution is 2.17. The molecular formula is C11H13ClO5. The van der Waals surface area contributed by atoms with Gasteiger partial charge in [0.1, 0.15) is 18.5 Å². The molecule has 0 amide bonds. The third-order valence-electron chi connectivity index (χ3n) is 2.28. The van der Waals surface area contributed by atoms with Crippen molar-refractivity contribution >= 4 is 11.6 Å². The van der Waals surface area contributed by atoms with Crippen molar-refractivity contribution in [1.82, 2.24) is 0 Å². The van der Waals surface area contributed by atoms with E-state index in [2.05, 4.69) is 0 Å². The largest absolute Gasteiger partial charge is 0.491 e. The number of hydrogen-bond acceptors (Lipinski definition) is 5. The summed E-state index contributed by atoms with van der Waals surface area (Å²) in [4.78, 5) is 0. The molecule has 0 spiro atoms. The molecule has 1 aromatic rings. The molecule has 17 heavy (non-hydrogen) atoms. The average molecular weight is 261 g/mol. The van der Waals surface area contributed by atoms with Crippen molar-refractivity contribution in [2.75, 3.05) is 13.2 Å². The lowest BCUT2D eigenvalue weighted by Crippen LogP contribution is -2.45. The predicted molar refractivity (Wildman–Crippen MR) is 59.8 cm³/mol. The summed E-state index contributed by atoms with van der Waals surface area (Å²) < 4.78 is 15.4. The molecule has 2 N–H and O–H groups in total. The SMILES string of the molecule is O[C@@H]1OC[C@H](COc2ccc(Cl)cc2)O[C@H]1O. The van der Waals surface area contributed by atoms with Crippen molar-refractivity contribution in [3.05, 3.63) is 29.3 Å². The summed E-state index contributed by atoms with van der Waals surface area (Å²) in [5.41, 5.74) is 0. The first-order valence-electron chi connectivity index (χ1n) is 5.17. The van der Waals surface area contributed by atoms with Crippen molar-refractivity contribution < 1.29 is 24.4 Å². The highest BCUT2D eigenvalue weighted by Gasteiger charge is 2.29. The fourth-order valence-corrected chi connectivity index (χ4v) is 1.53. The minimum absolute atomic E-state index is 0.172. The summed E-state index contributed by atoms with van der Waals surface area (Å²) in [5.74, 6) is 0.651. The minimum Gasteiger partial charge on any atom is -0.491 e. The van der Waals surface area contributed by atoms with Gasteiger partial charge in [-0.1, -0.05) is 11.6 Å². The van der Waals surface area contributed by atoms with Gasteiger partial charge in [0.2, 0.25) is 12.6 Å². The molecular weight excluding hydrogens is 248 g/mol. The molecule has 5 nitrogen and oxygen atoms in total. The van der Waals surface area contributed by atoms with Gasteiger partial charge in [-0.3, -0.25) is 0 Å². The van der Waals surface area contributed by atoms with E-state index in [0.29, 0.717) is 10.8 Å². The number of hydrogen-bond donors (Lipinski definition) is 2. The van der Waals surface area contributed by atoms with Crippen LogP contribution in [0.3, 0.4) is 0 Å². The normalized spacial score (nSPS) is 29.0. The van der Waals surface area contributed by atoms with Gasteiger partial charge < -0.3 is 24.4 Å². The molecule has 1 aliphatic rings. The zero-order chi connectivity index (χ0) is 12.3. The molecule has 0 radical (unpaired) electrons. The molecule has 1 heterocycles. The minimum atomic E-state index is -1.33. The van der Waals surface area contributed by atoms with Gasteiger partial charge in [0, 0.05) is 5.02 Å². The quantitative estimate of drug-likeness (QED) is 0.840. The van der Waals surface area contributed by atoms with E-state index >= 15 is 0 Å². The number of ether oxygens (including phenoxy) is 3. The summed E-state index contributed by atoms with van der Waals surface area (Å²) in [6.07, 6.45) is -3.03. The molecule has 6 heteroatoms. The monoisotopic (exact) mass is 260 g/mol. The number of rotatable bonds is 3. The highest BCUT2D eigenvalue weighted by molar-refractivity contribution is 6.30. The fraction of sp³-hybridized carbons (Fsp3) is 0.455. The lowest BCUT2D eigenvalue weighted by molar-refractivity contribution is -0.316. The van der Waals surface area contributed by atoms with Crippen LogP contribution in [0.2, 0.25) is 5.02 Å². The van der Waals surface area contributed by atoms with E-state index in [0.717, 1.165) is 0 Å². The summed E-state index contributed by atoms with van der Waals surface area (Å²) in [5, 5.41) is 18.9. The van der Waals surface area contributed by atoms with Crippen LogP contribution in [-0.4, -0.2) is 42.1 Å². The smallest absolute Gasteiger partial charge is 0.207 e. The van der Waals surface area contributed by atoms with Crippen molar-refractivity contribution in [3.63, 3.8) is 0 Å². The van der Waals surface area contributed by atoms with Crippen LogP contribution >= 0.6 is 11.6 Å². The van der Waals surface area contributed by atoms with E-state index in [1.54, 1.807) is 24.3 Å². The second-order valence-electron chi connectivity index (χ2n) is 3.64. The molecule has 94 valence electrons. The second-order valence-corrected chi connectivity index (χ2v) is 4.07. The van der Waals surface area contributed by atoms with Crippen molar-refractivity contribution in [2.45, 2.75) is 18.7 Å². The second kappa shape index (κ2) is 5.66. The molecule has 3 atom stereocenters. The molecule has 1 aromatic carbocycles. The highest BCUT2D eigenvalue weighted by atomic mass is 35.5. The topological polar surface area (TPSA) is 68.2 Å². The van der Waals surface area contributed by atoms with Gasteiger partial charge in [0.15, 0.2) is 0 Å². The van der Waals surface area contributed by atoms with Crippen LogP contribution < -0.4 is 4.74 Å². The van der Waals surface area contributed by atoms with Gasteiger partial charge >= 0.3 is 0 Å². The van der Waals surface area contributed by atoms with Crippen molar-refractivity contribution in [2.24, 2.45) is 0 Å². The molecule has 1 fully saturated rings. The van der Waals surface area contributed by atoms with Gasteiger partial charge in [0.25, 0.3) is 0 Å². The third kappa shape index (κ3) is 3.55. The zero-order valence-electron chi connectivity index (χ0n) is 8.95. The van der Waals surface area contributed by atoms with Gasteiger partial charge in [-0.05, 0) is 24.3 Å². The first-order valence-corrected chi connectivity index (χ1v) is 5.54. The van der Waals surface area contributed by atoms with E-state index in [4.69, 9.17) is 30.9 Å². The Hall–Kier alpha value is -0.850. The van der Waals surface area contributed by atoms with Crippen LogP contribution in [0.25, 0.3) is 0 Å². The van der Waals surface area contributed by atoms with E-state index < -0.39 is 18.7 Å². The number of aliphatic hydroxyl groups is 2. The van der Waals surface area contributed by atoms with E-state index in [1.807, 2.05) is 0 Å². The van der Waals surface area contributed by atoms with Crippen LogP contribution in [0, 0.1) is 0 Å². The van der Waals surface area contributed by atoms with Crippen molar-refractivity contribution in [1.29, 1.82) is 0 Å². The lowest BCUT2D eigenvalue weighted by Gasteiger charge is -2.30. The maximum absolute atomic E-state index is 9.21. The van der Waals surface area contributed by atoms with Crippen LogP contribution in [0.4, 0.5) is 0 Å². The fourth-order valence-electron chi connectivity index (χ4n) is 1.40. The van der Waals surface area contributed by atoms with Gasteiger partial charge in [0.05, 0.1) is 6.61 Å². The van der Waals surface area contributed by atoms with Crippen LogP contribution in [0.1, 0.15) is 0 Å². The molecule has 0 aliphatic carbocycles. The average Bonchev–Trinajstić information content (AvgIpc) is 2.33. The van der Waals surface area contributed by atoms with Crippen LogP contribution in [0.5, 0.6) is 5.75 Å². The van der Waals surface area contributed by atoms with Gasteiger partial charge in [-0.25, -0.2) is 0 Å². The Morgan fingerprint density at radius 1 is 1.24 bits per heavy atom. The van der Waals surface area contributed by atoms with Gasteiger partial charge in [-0.2, -0.15) is 0 Å². The standard InChI is InChI=1S/C11H13ClO5/c12-7-1-3-8(4-2-7)15-5-9-6-16-10(13)11(14)17-9/h1-4,9-11,13-14H,5-6H2/t9-,10+,11+/m0/s1. The number of benzene rings is 1. The lowest BCUT2D eigenvalue weighted by atomic mass is 10.3. The summed E-state index contributed by atoms with van der Waals surface area (Å²) in [7, 11) is 0. The number of halogens is 1. The Morgan fingerprint density at radius 2 is 1.94 bits per heavy atom. The molecule has 0 aromatic heterocycles. The third-order valence-corrected chi connectivity index (χ3v) is 2.53. The van der Waals surface area contributed by atoms with Crippen LogP contribution in [-0.2, 0) is 9.47 Å². The maximum atomic E-state index is 9.21. The first-order chi connectivity index (χ1) is 8.15. The summed E-state index contributed by atoms with van der Waals surface area (Å²) >= 11 is 5.73. The molecule has 2 rings (SSSR count). The predicted octanol–water partition coefficient (Wildman–Crippen LogP) is 0.771. The molecule has 0 bridgehead atoms. The Bertz CT molecular complexity index is 355. The Balaban J connectivity index is 1.80. The molecule has 1 aliphatic heterocycles. The molecule has 0 unspecified atom stereocenters. The van der Waals surface area contributed by atoms with Gasteiger partial charge in [-0.15, -0.1) is 0 Å². The Kier molecular flexibility index (Phi) is 4.20. The molecule has 0 saturated carbocycles. The van der Waals surface area contributed by atoms with E-state index in [9.17, 15) is 5.11 Å². The zero-order valence-corrected chi connectivity index (χ0v) is 9.71. The van der Waals surface area contributed by atoms with Crippen LogP contribution in [0.15, 0.2) is 24.3 Å². The summed E-state index contributed by atoms with van der Waals surface area (Å²) in [6.45, 7) is 0.400. The maximum Gasteiger partial charge on any atom is 0.207 e. The number of aliphatic hydroxyl groups excluding tert-OH is 2. The molecule has 1 saturated heterocycles. The van der Waals surface area contributed by atoms with Crippen molar-refractivity contribution in [3.8, 4) is 5.75 Å². The van der Waals surface area contributed by atoms with E-state index in [-0.39, 0.29) is 13.2 Å². The summed E-state index contributed by atoms with van der Waals surface area (Å²) in [6, 6.07) is 6.90.